The Kier molecular flexibility index (Phi) is 4.83. The van der Waals surface area contributed by atoms with Gasteiger partial charge in [-0.3, -0.25) is 0 Å². The van der Waals surface area contributed by atoms with Gasteiger partial charge in [-0.1, -0.05) is 12.8 Å². The molecule has 1 aromatic rings. The van der Waals surface area contributed by atoms with Gasteiger partial charge in [-0.25, -0.2) is 9.97 Å². The van der Waals surface area contributed by atoms with Gasteiger partial charge >= 0.3 is 0 Å². The van der Waals surface area contributed by atoms with Gasteiger partial charge in [0.2, 0.25) is 0 Å². The predicted molar refractivity (Wildman–Crippen MR) is 91.6 cm³/mol. The third-order valence-electron chi connectivity index (χ3n) is 6.19. The molecule has 4 atom stereocenters. The normalized spacial score (nSPS) is 34.1. The van der Waals surface area contributed by atoms with Crippen molar-refractivity contribution in [3.63, 3.8) is 0 Å². The van der Waals surface area contributed by atoms with Gasteiger partial charge in [-0.15, -0.1) is 0 Å². The average molecular weight is 331 g/mol. The van der Waals surface area contributed by atoms with Gasteiger partial charge in [0.15, 0.2) is 0 Å². The zero-order valence-electron chi connectivity index (χ0n) is 14.3. The van der Waals surface area contributed by atoms with Crippen molar-refractivity contribution in [3.8, 4) is 0 Å². The molecule has 0 amide bonds. The molecular formula is C19H29N3O2. The van der Waals surface area contributed by atoms with Crippen LogP contribution in [0.15, 0.2) is 12.3 Å². The Labute approximate surface area is 143 Å². The molecule has 0 saturated heterocycles. The van der Waals surface area contributed by atoms with Crippen LogP contribution >= 0.6 is 0 Å². The molecule has 5 heteroatoms. The smallest absolute Gasteiger partial charge is 0.131 e. The van der Waals surface area contributed by atoms with Gasteiger partial charge in [-0.2, -0.15) is 0 Å². The highest BCUT2D eigenvalue weighted by Gasteiger charge is 2.43. The minimum atomic E-state index is -0.413. The number of nitrogens with one attached hydrogen (secondary N) is 1. The van der Waals surface area contributed by atoms with Crippen molar-refractivity contribution in [2.75, 3.05) is 6.61 Å². The lowest BCUT2D eigenvalue weighted by Crippen LogP contribution is -2.41. The molecule has 3 aliphatic rings. The average Bonchev–Trinajstić information content (AvgIpc) is 3.24. The molecule has 5 nitrogen and oxygen atoms in total. The first-order valence-electron chi connectivity index (χ1n) is 9.61. The SMILES string of the molecule is OC[C@@H]1[C@@H](Cc2ccnc(C3CC3)n2)[C@H](NC2CCCC2)C[C@H]1O. The van der Waals surface area contributed by atoms with Gasteiger partial charge < -0.3 is 15.5 Å². The van der Waals surface area contributed by atoms with E-state index in [1.807, 2.05) is 12.3 Å². The summed E-state index contributed by atoms with van der Waals surface area (Å²) in [7, 11) is 0. The van der Waals surface area contributed by atoms with Crippen molar-refractivity contribution >= 4 is 0 Å². The minimum Gasteiger partial charge on any atom is -0.396 e. The maximum atomic E-state index is 10.4. The van der Waals surface area contributed by atoms with Crippen molar-refractivity contribution in [2.45, 2.75) is 75.5 Å². The highest BCUT2D eigenvalue weighted by Crippen LogP contribution is 2.39. The van der Waals surface area contributed by atoms with Crippen LogP contribution in [0.3, 0.4) is 0 Å². The molecule has 3 aliphatic carbocycles. The molecule has 3 fully saturated rings. The summed E-state index contributed by atoms with van der Waals surface area (Å²) in [5.41, 5.74) is 1.06. The zero-order valence-corrected chi connectivity index (χ0v) is 14.3. The Hall–Kier alpha value is -1.04. The monoisotopic (exact) mass is 331 g/mol. The van der Waals surface area contributed by atoms with E-state index in [1.165, 1.54) is 38.5 Å². The molecule has 0 aromatic carbocycles. The molecule has 24 heavy (non-hydrogen) atoms. The van der Waals surface area contributed by atoms with E-state index >= 15 is 0 Å². The van der Waals surface area contributed by atoms with E-state index in [4.69, 9.17) is 4.98 Å². The fourth-order valence-electron chi connectivity index (χ4n) is 4.64. The van der Waals surface area contributed by atoms with Crippen molar-refractivity contribution in [2.24, 2.45) is 11.8 Å². The minimum absolute atomic E-state index is 0.0508. The highest BCUT2D eigenvalue weighted by atomic mass is 16.3. The lowest BCUT2D eigenvalue weighted by molar-refractivity contribution is 0.0715. The van der Waals surface area contributed by atoms with Crippen molar-refractivity contribution < 1.29 is 10.2 Å². The first-order chi connectivity index (χ1) is 11.7. The van der Waals surface area contributed by atoms with Gasteiger partial charge in [0.25, 0.3) is 0 Å². The van der Waals surface area contributed by atoms with E-state index in [0.29, 0.717) is 12.0 Å². The molecular weight excluding hydrogens is 302 g/mol. The van der Waals surface area contributed by atoms with Crippen LogP contribution in [-0.4, -0.2) is 45.0 Å². The summed E-state index contributed by atoms with van der Waals surface area (Å²) in [6.07, 6.45) is 10.5. The second-order valence-corrected chi connectivity index (χ2v) is 7.95. The van der Waals surface area contributed by atoms with Gasteiger partial charge in [0.05, 0.1) is 6.10 Å². The number of nitrogens with zero attached hydrogens (tertiary/aromatic N) is 2. The number of aromatic nitrogens is 2. The predicted octanol–water partition coefficient (Wildman–Crippen LogP) is 1.79. The fourth-order valence-corrected chi connectivity index (χ4v) is 4.64. The van der Waals surface area contributed by atoms with Crippen LogP contribution in [-0.2, 0) is 6.42 Å². The van der Waals surface area contributed by atoms with Crippen LogP contribution < -0.4 is 5.32 Å². The molecule has 0 spiro atoms. The number of rotatable bonds is 6. The molecule has 1 heterocycles. The first-order valence-corrected chi connectivity index (χ1v) is 9.61. The lowest BCUT2D eigenvalue weighted by Gasteiger charge is -2.27. The van der Waals surface area contributed by atoms with Gasteiger partial charge in [-0.05, 0) is 50.5 Å². The Bertz CT molecular complexity index is 557. The van der Waals surface area contributed by atoms with Crippen LogP contribution in [0.4, 0.5) is 0 Å². The Morgan fingerprint density at radius 2 is 1.92 bits per heavy atom. The van der Waals surface area contributed by atoms with Crippen LogP contribution in [0.2, 0.25) is 0 Å². The maximum Gasteiger partial charge on any atom is 0.131 e. The second kappa shape index (κ2) is 7.06. The Morgan fingerprint density at radius 3 is 2.62 bits per heavy atom. The first kappa shape index (κ1) is 16.4. The molecule has 1 aromatic heterocycles. The number of aliphatic hydroxyl groups excluding tert-OH is 2. The molecule has 3 saturated carbocycles. The molecule has 132 valence electrons. The van der Waals surface area contributed by atoms with E-state index in [-0.39, 0.29) is 24.5 Å². The van der Waals surface area contributed by atoms with Crippen molar-refractivity contribution in [1.29, 1.82) is 0 Å². The Balaban J connectivity index is 1.48. The maximum absolute atomic E-state index is 10.4. The van der Waals surface area contributed by atoms with E-state index in [2.05, 4.69) is 10.3 Å². The Morgan fingerprint density at radius 1 is 1.12 bits per heavy atom. The highest BCUT2D eigenvalue weighted by molar-refractivity contribution is 5.12. The van der Waals surface area contributed by atoms with Crippen molar-refractivity contribution in [3.05, 3.63) is 23.8 Å². The second-order valence-electron chi connectivity index (χ2n) is 7.95. The molecule has 0 unspecified atom stereocenters. The van der Waals surface area contributed by atoms with Gasteiger partial charge in [0.1, 0.15) is 5.82 Å². The summed E-state index contributed by atoms with van der Waals surface area (Å²) >= 11 is 0. The summed E-state index contributed by atoms with van der Waals surface area (Å²) in [6, 6.07) is 2.85. The summed E-state index contributed by atoms with van der Waals surface area (Å²) in [6.45, 7) is 0.0508. The topological polar surface area (TPSA) is 78.3 Å². The number of aliphatic hydroxyl groups is 2. The summed E-state index contributed by atoms with van der Waals surface area (Å²) in [4.78, 5) is 9.16. The van der Waals surface area contributed by atoms with Crippen LogP contribution in [0, 0.1) is 11.8 Å². The molecule has 0 aliphatic heterocycles. The third kappa shape index (κ3) is 3.48. The quantitative estimate of drug-likeness (QED) is 0.741. The molecule has 4 rings (SSSR count). The summed E-state index contributed by atoms with van der Waals surface area (Å²) in [5, 5.41) is 24.0. The van der Waals surface area contributed by atoms with Crippen LogP contribution in [0.1, 0.15) is 62.4 Å². The summed E-state index contributed by atoms with van der Waals surface area (Å²) in [5.74, 6) is 1.72. The van der Waals surface area contributed by atoms with Crippen LogP contribution in [0.5, 0.6) is 0 Å². The van der Waals surface area contributed by atoms with E-state index in [0.717, 1.165) is 24.4 Å². The largest absolute Gasteiger partial charge is 0.396 e. The van der Waals surface area contributed by atoms with E-state index in [9.17, 15) is 10.2 Å². The lowest BCUT2D eigenvalue weighted by atomic mass is 9.88. The number of hydrogen-bond acceptors (Lipinski definition) is 5. The van der Waals surface area contributed by atoms with E-state index < -0.39 is 6.10 Å². The van der Waals surface area contributed by atoms with Crippen molar-refractivity contribution in [1.82, 2.24) is 15.3 Å². The van der Waals surface area contributed by atoms with Gasteiger partial charge in [0, 0.05) is 42.4 Å². The number of hydrogen-bond donors (Lipinski definition) is 3. The fraction of sp³-hybridized carbons (Fsp3) is 0.789. The zero-order chi connectivity index (χ0) is 16.5. The van der Waals surface area contributed by atoms with Crippen LogP contribution in [0.25, 0.3) is 0 Å². The third-order valence-corrected chi connectivity index (χ3v) is 6.19. The molecule has 3 N–H and O–H groups in total. The molecule has 0 radical (unpaired) electrons. The molecule has 0 bridgehead atoms. The summed E-state index contributed by atoms with van der Waals surface area (Å²) < 4.78 is 0. The van der Waals surface area contributed by atoms with E-state index in [1.54, 1.807) is 0 Å². The standard InChI is InChI=1S/C19H29N3O2/c23-11-16-15(9-14-7-8-20-19(22-14)12-5-6-12)17(10-18(16)24)21-13-3-1-2-4-13/h7-8,12-13,15-18,21,23-24H,1-6,9-11H2/t15-,16-,17-,18-/m1/s1.